The van der Waals surface area contributed by atoms with Gasteiger partial charge in [-0.25, -0.2) is 0 Å². The van der Waals surface area contributed by atoms with Crippen molar-refractivity contribution < 1.29 is 9.59 Å². The van der Waals surface area contributed by atoms with Gasteiger partial charge in [-0.2, -0.15) is 0 Å². The third kappa shape index (κ3) is 3.45. The minimum Gasteiger partial charge on any atom is -0.362 e. The molecule has 0 fully saturated rings. The second kappa shape index (κ2) is 6.66. The van der Waals surface area contributed by atoms with Crippen molar-refractivity contribution in [2.45, 2.75) is 59.3 Å². The highest BCUT2D eigenvalue weighted by molar-refractivity contribution is 9.13. The molecular weight excluding hydrogens is 482 g/mol. The standard InChI is InChI=1S/C23H25Br2NO2/c1-22(2)8-15-20(17(27)10-22)19(12-5-6-13(24)14(25)7-12)21-16(26-15)9-23(3,4)11-18(21)28/h5-7,19,26H,8-11H2,1-4H3. The molecule has 2 aliphatic carbocycles. The van der Waals surface area contributed by atoms with Gasteiger partial charge in [0.15, 0.2) is 11.6 Å². The molecule has 3 nitrogen and oxygen atoms in total. The van der Waals surface area contributed by atoms with Gasteiger partial charge in [-0.05, 0) is 73.2 Å². The zero-order valence-electron chi connectivity index (χ0n) is 16.7. The lowest BCUT2D eigenvalue weighted by atomic mass is 9.64. The van der Waals surface area contributed by atoms with E-state index in [1.807, 2.05) is 18.2 Å². The van der Waals surface area contributed by atoms with E-state index < -0.39 is 0 Å². The van der Waals surface area contributed by atoms with Crippen LogP contribution in [0.4, 0.5) is 0 Å². The molecule has 0 aromatic heterocycles. The molecule has 0 saturated carbocycles. The highest BCUT2D eigenvalue weighted by Gasteiger charge is 2.46. The first-order chi connectivity index (χ1) is 13.0. The number of halogens is 2. The number of Topliss-reactive ketones (excluding diaryl/α,β-unsaturated/α-hetero) is 2. The fourth-order valence-corrected chi connectivity index (χ4v) is 5.56. The van der Waals surface area contributed by atoms with Crippen LogP contribution in [0.25, 0.3) is 0 Å². The summed E-state index contributed by atoms with van der Waals surface area (Å²) < 4.78 is 1.89. The maximum Gasteiger partial charge on any atom is 0.162 e. The first-order valence-electron chi connectivity index (χ1n) is 9.72. The van der Waals surface area contributed by atoms with E-state index in [4.69, 9.17) is 0 Å². The quantitative estimate of drug-likeness (QED) is 0.494. The second-order valence-corrected chi connectivity index (χ2v) is 11.6. The smallest absolute Gasteiger partial charge is 0.162 e. The molecule has 0 saturated heterocycles. The highest BCUT2D eigenvalue weighted by atomic mass is 79.9. The van der Waals surface area contributed by atoms with Crippen LogP contribution in [0, 0.1) is 10.8 Å². The Labute approximate surface area is 183 Å². The van der Waals surface area contributed by atoms with Crippen molar-refractivity contribution in [3.05, 3.63) is 55.2 Å². The molecule has 4 rings (SSSR count). The Kier molecular flexibility index (Phi) is 4.78. The SMILES string of the molecule is CC1(C)CC(=O)C2=C(C1)NC1=C(C(=O)CC(C)(C)C1)C2c1ccc(Br)c(Br)c1. The summed E-state index contributed by atoms with van der Waals surface area (Å²) >= 11 is 7.12. The maximum atomic E-state index is 13.2. The Hall–Kier alpha value is -1.20. The van der Waals surface area contributed by atoms with Gasteiger partial charge in [-0.3, -0.25) is 9.59 Å². The molecular formula is C23H25Br2NO2. The summed E-state index contributed by atoms with van der Waals surface area (Å²) in [4.78, 5) is 26.5. The van der Waals surface area contributed by atoms with Crippen molar-refractivity contribution in [3.63, 3.8) is 0 Å². The van der Waals surface area contributed by atoms with Crippen molar-refractivity contribution in [3.8, 4) is 0 Å². The minimum absolute atomic E-state index is 0.0694. The summed E-state index contributed by atoms with van der Waals surface area (Å²) in [6.45, 7) is 8.56. The van der Waals surface area contributed by atoms with Gasteiger partial charge < -0.3 is 5.32 Å². The molecule has 148 valence electrons. The van der Waals surface area contributed by atoms with Crippen LogP contribution in [0.15, 0.2) is 49.7 Å². The first kappa shape index (κ1) is 20.1. The summed E-state index contributed by atoms with van der Waals surface area (Å²) in [6, 6.07) is 6.05. The van der Waals surface area contributed by atoms with E-state index in [1.165, 1.54) is 0 Å². The first-order valence-corrected chi connectivity index (χ1v) is 11.3. The zero-order valence-corrected chi connectivity index (χ0v) is 19.9. The molecule has 1 heterocycles. The van der Waals surface area contributed by atoms with E-state index in [0.717, 1.165) is 49.9 Å². The molecule has 3 aliphatic rings. The lowest BCUT2D eigenvalue weighted by Gasteiger charge is -2.44. The number of carbonyl (C=O) groups is 2. The summed E-state index contributed by atoms with van der Waals surface area (Å²) in [7, 11) is 0. The lowest BCUT2D eigenvalue weighted by Crippen LogP contribution is -2.42. The van der Waals surface area contributed by atoms with E-state index in [1.54, 1.807) is 0 Å². The second-order valence-electron chi connectivity index (χ2n) is 9.90. The zero-order chi connectivity index (χ0) is 20.4. The van der Waals surface area contributed by atoms with Gasteiger partial charge in [-0.1, -0.05) is 33.8 Å². The highest BCUT2D eigenvalue weighted by Crippen LogP contribution is 2.51. The molecule has 1 aliphatic heterocycles. The van der Waals surface area contributed by atoms with Gasteiger partial charge in [-0.15, -0.1) is 0 Å². The normalized spacial score (nSPS) is 24.1. The molecule has 0 bridgehead atoms. The third-order valence-electron chi connectivity index (χ3n) is 6.00. The van der Waals surface area contributed by atoms with Gasteiger partial charge in [0.2, 0.25) is 0 Å². The van der Waals surface area contributed by atoms with Crippen LogP contribution in [0.3, 0.4) is 0 Å². The molecule has 0 unspecified atom stereocenters. The van der Waals surface area contributed by atoms with Crippen molar-refractivity contribution in [1.29, 1.82) is 0 Å². The third-order valence-corrected chi connectivity index (χ3v) is 7.88. The van der Waals surface area contributed by atoms with Gasteiger partial charge >= 0.3 is 0 Å². The summed E-state index contributed by atoms with van der Waals surface area (Å²) in [5.74, 6) is 0.0433. The molecule has 28 heavy (non-hydrogen) atoms. The summed E-state index contributed by atoms with van der Waals surface area (Å²) in [5, 5.41) is 3.55. The Bertz CT molecular complexity index is 917. The predicted molar refractivity (Wildman–Crippen MR) is 118 cm³/mol. The number of hydrogen-bond donors (Lipinski definition) is 1. The van der Waals surface area contributed by atoms with E-state index in [9.17, 15) is 9.59 Å². The van der Waals surface area contributed by atoms with Gasteiger partial charge in [0.25, 0.3) is 0 Å². The monoisotopic (exact) mass is 505 g/mol. The van der Waals surface area contributed by atoms with Crippen LogP contribution in [0.2, 0.25) is 0 Å². The van der Waals surface area contributed by atoms with Crippen LogP contribution >= 0.6 is 31.9 Å². The van der Waals surface area contributed by atoms with Crippen LogP contribution in [-0.2, 0) is 9.59 Å². The fraction of sp³-hybridized carbons (Fsp3) is 0.478. The largest absolute Gasteiger partial charge is 0.362 e. The van der Waals surface area contributed by atoms with Crippen LogP contribution in [0.5, 0.6) is 0 Å². The molecule has 1 aromatic rings. The molecule has 1 aromatic carbocycles. The molecule has 0 spiro atoms. The van der Waals surface area contributed by atoms with Crippen LogP contribution in [-0.4, -0.2) is 11.6 Å². The predicted octanol–water partition coefficient (Wildman–Crippen LogP) is 6.18. The Balaban J connectivity index is 1.93. The number of rotatable bonds is 1. The van der Waals surface area contributed by atoms with Crippen LogP contribution in [0.1, 0.15) is 64.9 Å². The summed E-state index contributed by atoms with van der Waals surface area (Å²) in [6.07, 6.45) is 2.69. The lowest BCUT2D eigenvalue weighted by molar-refractivity contribution is -0.119. The van der Waals surface area contributed by atoms with E-state index in [-0.39, 0.29) is 28.3 Å². The Morgan fingerprint density at radius 2 is 1.32 bits per heavy atom. The molecule has 1 N–H and O–H groups in total. The topological polar surface area (TPSA) is 46.2 Å². The van der Waals surface area contributed by atoms with E-state index in [2.05, 4.69) is 64.9 Å². The molecule has 0 atom stereocenters. The van der Waals surface area contributed by atoms with Gasteiger partial charge in [0.1, 0.15) is 0 Å². The number of nitrogens with one attached hydrogen (secondary N) is 1. The minimum atomic E-state index is -0.275. The number of allylic oxidation sites excluding steroid dienone is 4. The van der Waals surface area contributed by atoms with Crippen molar-refractivity contribution in [2.24, 2.45) is 10.8 Å². The average molecular weight is 507 g/mol. The number of dihydropyridines is 1. The van der Waals surface area contributed by atoms with E-state index >= 15 is 0 Å². The molecule has 0 radical (unpaired) electrons. The van der Waals surface area contributed by atoms with Crippen molar-refractivity contribution >= 4 is 43.4 Å². The number of carbonyl (C=O) groups excluding carboxylic acids is 2. The van der Waals surface area contributed by atoms with Gasteiger partial charge in [0, 0.05) is 50.2 Å². The maximum absolute atomic E-state index is 13.2. The molecule has 0 amide bonds. The number of ketones is 2. The van der Waals surface area contributed by atoms with Crippen molar-refractivity contribution in [2.75, 3.05) is 0 Å². The van der Waals surface area contributed by atoms with E-state index in [0.29, 0.717) is 12.8 Å². The average Bonchev–Trinajstić information content (AvgIpc) is 2.53. The Morgan fingerprint density at radius 1 is 0.821 bits per heavy atom. The van der Waals surface area contributed by atoms with Gasteiger partial charge in [0.05, 0.1) is 0 Å². The fourth-order valence-electron chi connectivity index (χ4n) is 4.91. The van der Waals surface area contributed by atoms with Crippen LogP contribution < -0.4 is 5.32 Å². The summed E-state index contributed by atoms with van der Waals surface area (Å²) in [5.41, 5.74) is 4.46. The number of benzene rings is 1. The van der Waals surface area contributed by atoms with Crippen molar-refractivity contribution in [1.82, 2.24) is 5.32 Å². The molecule has 5 heteroatoms. The Morgan fingerprint density at radius 3 is 1.79 bits per heavy atom. The number of hydrogen-bond acceptors (Lipinski definition) is 3.